The minimum Gasteiger partial charge on any atom is -0.397 e. The number of nitrogens with two attached hydrogens (primary N) is 1. The van der Waals surface area contributed by atoms with E-state index in [0.29, 0.717) is 29.0 Å². The number of benzene rings is 1. The van der Waals surface area contributed by atoms with Gasteiger partial charge in [0.15, 0.2) is 5.65 Å². The maximum atomic E-state index is 13.4. The molecule has 0 saturated heterocycles. The number of rotatable bonds is 2. The molecule has 0 aliphatic rings. The average molecular weight is 284 g/mol. The first-order chi connectivity index (χ1) is 10.1. The molecule has 0 atom stereocenters. The number of fused-ring (bicyclic) bond motifs is 1. The second kappa shape index (κ2) is 4.97. The van der Waals surface area contributed by atoms with Crippen LogP contribution >= 0.6 is 0 Å². The van der Waals surface area contributed by atoms with Crippen molar-refractivity contribution < 1.29 is 4.39 Å². The Labute approximate surface area is 119 Å². The molecular weight excluding hydrogens is 271 g/mol. The zero-order valence-electron chi connectivity index (χ0n) is 11.4. The quantitative estimate of drug-likeness (QED) is 0.783. The van der Waals surface area contributed by atoms with Crippen molar-refractivity contribution in [2.45, 2.75) is 13.5 Å². The summed E-state index contributed by atoms with van der Waals surface area (Å²) < 4.78 is 14.9. The predicted octanol–water partition coefficient (Wildman–Crippen LogP) is 2.20. The Hall–Kier alpha value is -2.76. The van der Waals surface area contributed by atoms with Gasteiger partial charge < -0.3 is 5.73 Å². The van der Waals surface area contributed by atoms with Gasteiger partial charge in [0, 0.05) is 18.3 Å². The monoisotopic (exact) mass is 284 g/mol. The second-order valence-electron chi connectivity index (χ2n) is 4.59. The van der Waals surface area contributed by atoms with Crippen LogP contribution in [0.1, 0.15) is 6.92 Å². The summed E-state index contributed by atoms with van der Waals surface area (Å²) in [5.74, 6) is -0.420. The van der Waals surface area contributed by atoms with Crippen molar-refractivity contribution >= 4 is 16.9 Å². The summed E-state index contributed by atoms with van der Waals surface area (Å²) in [7, 11) is 0. The first-order valence-corrected chi connectivity index (χ1v) is 6.52. The third-order valence-electron chi connectivity index (χ3n) is 3.28. The van der Waals surface area contributed by atoms with E-state index in [0.717, 1.165) is 0 Å². The minimum absolute atomic E-state index is 0.170. The van der Waals surface area contributed by atoms with Crippen molar-refractivity contribution in [3.05, 3.63) is 52.7 Å². The zero-order chi connectivity index (χ0) is 15.0. The fourth-order valence-electron chi connectivity index (χ4n) is 2.27. The maximum absolute atomic E-state index is 13.4. The van der Waals surface area contributed by atoms with Crippen LogP contribution < -0.4 is 11.3 Å². The van der Waals surface area contributed by atoms with Crippen LogP contribution in [0.4, 0.5) is 10.1 Å². The Bertz CT molecular complexity index is 888. The Balaban J connectivity index is 2.42. The summed E-state index contributed by atoms with van der Waals surface area (Å²) in [4.78, 5) is 21.0. The summed E-state index contributed by atoms with van der Waals surface area (Å²) in [6, 6.07) is 7.40. The molecule has 3 rings (SSSR count). The lowest BCUT2D eigenvalue weighted by molar-refractivity contribution is 0.628. The fourth-order valence-corrected chi connectivity index (χ4v) is 2.27. The molecule has 106 valence electrons. The lowest BCUT2D eigenvalue weighted by Crippen LogP contribution is -2.24. The van der Waals surface area contributed by atoms with E-state index in [1.807, 2.05) is 6.92 Å². The number of nitrogen functional groups attached to an aromatic ring is 1. The molecule has 0 fully saturated rings. The minimum atomic E-state index is -0.420. The van der Waals surface area contributed by atoms with E-state index in [2.05, 4.69) is 9.97 Å². The summed E-state index contributed by atoms with van der Waals surface area (Å²) >= 11 is 0. The largest absolute Gasteiger partial charge is 0.397 e. The van der Waals surface area contributed by atoms with Crippen LogP contribution in [0.25, 0.3) is 22.4 Å². The van der Waals surface area contributed by atoms with Gasteiger partial charge in [0.2, 0.25) is 0 Å². The Morgan fingerprint density at radius 2 is 2.14 bits per heavy atom. The summed E-state index contributed by atoms with van der Waals surface area (Å²) in [5.41, 5.74) is 7.50. The van der Waals surface area contributed by atoms with Crippen molar-refractivity contribution in [3.8, 4) is 11.3 Å². The van der Waals surface area contributed by atoms with Crippen LogP contribution in [-0.2, 0) is 6.54 Å². The molecule has 2 N–H and O–H groups in total. The van der Waals surface area contributed by atoms with Gasteiger partial charge in [0.05, 0.1) is 5.69 Å². The van der Waals surface area contributed by atoms with Crippen LogP contribution in [0.3, 0.4) is 0 Å². The first-order valence-electron chi connectivity index (χ1n) is 6.52. The van der Waals surface area contributed by atoms with Gasteiger partial charge in [-0.2, -0.15) is 0 Å². The Morgan fingerprint density at radius 3 is 2.86 bits per heavy atom. The highest BCUT2D eigenvalue weighted by Crippen LogP contribution is 2.20. The molecule has 1 aromatic carbocycles. The number of aryl methyl sites for hydroxylation is 1. The highest BCUT2D eigenvalue weighted by atomic mass is 19.1. The molecule has 6 heteroatoms. The van der Waals surface area contributed by atoms with Crippen molar-refractivity contribution in [3.63, 3.8) is 0 Å². The number of pyridine rings is 1. The molecule has 5 nitrogen and oxygen atoms in total. The molecule has 0 aliphatic heterocycles. The first kappa shape index (κ1) is 13.2. The van der Waals surface area contributed by atoms with Gasteiger partial charge in [-0.15, -0.1) is 0 Å². The molecule has 0 bridgehead atoms. The van der Waals surface area contributed by atoms with Crippen LogP contribution in [0.2, 0.25) is 0 Å². The Kier molecular flexibility index (Phi) is 3.13. The normalized spacial score (nSPS) is 11.0. The molecule has 2 heterocycles. The molecule has 0 amide bonds. The molecule has 3 aromatic rings. The number of aromatic nitrogens is 3. The topological polar surface area (TPSA) is 73.8 Å². The summed E-state index contributed by atoms with van der Waals surface area (Å²) in [6.45, 7) is 2.26. The average Bonchev–Trinajstić information content (AvgIpc) is 2.47. The third kappa shape index (κ3) is 2.14. The number of anilines is 1. The second-order valence-corrected chi connectivity index (χ2v) is 4.59. The molecule has 0 unspecified atom stereocenters. The fraction of sp³-hybridized carbons (Fsp3) is 0.133. The Morgan fingerprint density at radius 1 is 1.33 bits per heavy atom. The van der Waals surface area contributed by atoms with Gasteiger partial charge in [-0.25, -0.2) is 14.4 Å². The van der Waals surface area contributed by atoms with Crippen LogP contribution in [0, 0.1) is 5.82 Å². The summed E-state index contributed by atoms with van der Waals surface area (Å²) in [6.07, 6.45) is 1.53. The van der Waals surface area contributed by atoms with Gasteiger partial charge >= 0.3 is 0 Å². The van der Waals surface area contributed by atoms with E-state index in [-0.39, 0.29) is 11.3 Å². The number of hydrogen-bond donors (Lipinski definition) is 1. The van der Waals surface area contributed by atoms with Crippen LogP contribution in [-0.4, -0.2) is 14.5 Å². The number of hydrogen-bond acceptors (Lipinski definition) is 4. The van der Waals surface area contributed by atoms with E-state index in [4.69, 9.17) is 5.73 Å². The summed E-state index contributed by atoms with van der Waals surface area (Å²) in [5, 5.41) is 0. The van der Waals surface area contributed by atoms with Gasteiger partial charge in [0.25, 0.3) is 5.56 Å². The lowest BCUT2D eigenvalue weighted by Gasteiger charge is -2.10. The highest BCUT2D eigenvalue weighted by Gasteiger charge is 2.14. The van der Waals surface area contributed by atoms with E-state index in [1.54, 1.807) is 18.2 Å². The van der Waals surface area contributed by atoms with Crippen LogP contribution in [0.15, 0.2) is 41.3 Å². The SMILES string of the molecule is CCn1c(=O)c(-c2cccc(F)c2)nc2c(N)ccnc21. The van der Waals surface area contributed by atoms with Crippen molar-refractivity contribution in [2.24, 2.45) is 0 Å². The standard InChI is InChI=1S/C15H13FN4O/c1-2-20-14-13(11(17)6-7-18-14)19-12(15(20)21)9-4-3-5-10(16)8-9/h3-8H,2H2,1H3,(H2,17,18). The molecule has 0 radical (unpaired) electrons. The number of nitrogens with zero attached hydrogens (tertiary/aromatic N) is 3. The predicted molar refractivity (Wildman–Crippen MR) is 79.3 cm³/mol. The van der Waals surface area contributed by atoms with E-state index >= 15 is 0 Å². The molecule has 0 saturated carbocycles. The molecule has 0 aliphatic carbocycles. The van der Waals surface area contributed by atoms with E-state index < -0.39 is 5.82 Å². The lowest BCUT2D eigenvalue weighted by atomic mass is 10.1. The van der Waals surface area contributed by atoms with Crippen molar-refractivity contribution in [1.29, 1.82) is 0 Å². The van der Waals surface area contributed by atoms with Crippen LogP contribution in [0.5, 0.6) is 0 Å². The molecule has 0 spiro atoms. The molecular formula is C15H13FN4O. The van der Waals surface area contributed by atoms with Gasteiger partial charge in [-0.1, -0.05) is 12.1 Å². The smallest absolute Gasteiger partial charge is 0.278 e. The molecule has 2 aromatic heterocycles. The highest BCUT2D eigenvalue weighted by molar-refractivity contribution is 5.85. The number of halogens is 1. The van der Waals surface area contributed by atoms with Gasteiger partial charge in [0.1, 0.15) is 17.0 Å². The van der Waals surface area contributed by atoms with Crippen molar-refractivity contribution in [1.82, 2.24) is 14.5 Å². The van der Waals surface area contributed by atoms with Gasteiger partial charge in [-0.3, -0.25) is 9.36 Å². The van der Waals surface area contributed by atoms with Crippen molar-refractivity contribution in [2.75, 3.05) is 5.73 Å². The van der Waals surface area contributed by atoms with Gasteiger partial charge in [-0.05, 0) is 25.1 Å². The zero-order valence-corrected chi connectivity index (χ0v) is 11.4. The van der Waals surface area contributed by atoms with E-state index in [9.17, 15) is 9.18 Å². The van der Waals surface area contributed by atoms with E-state index in [1.165, 1.54) is 22.9 Å². The third-order valence-corrected chi connectivity index (χ3v) is 3.28. The maximum Gasteiger partial charge on any atom is 0.278 e. The molecule has 21 heavy (non-hydrogen) atoms.